The Labute approximate surface area is 216 Å². The topological polar surface area (TPSA) is 116 Å². The number of hydrogen-bond donors (Lipinski definition) is 2. The maximum atomic E-state index is 13.2. The minimum Gasteiger partial charge on any atom is -0.467 e. The van der Waals surface area contributed by atoms with E-state index in [-0.39, 0.29) is 18.7 Å². The van der Waals surface area contributed by atoms with Crippen LogP contribution in [0.15, 0.2) is 60.8 Å². The zero-order valence-corrected chi connectivity index (χ0v) is 21.7. The molecule has 9 heteroatoms. The number of methoxy groups -OCH3 is 1. The first kappa shape index (κ1) is 27.4. The monoisotopic (exact) mass is 507 g/mol. The molecular weight excluding hydrogens is 474 g/mol. The summed E-state index contributed by atoms with van der Waals surface area (Å²) in [4.78, 5) is 50.6. The number of rotatable bonds is 8. The fraction of sp³-hybridized carbons (Fsp3) is 0.357. The molecule has 3 aromatic rings. The molecule has 0 unspecified atom stereocenters. The van der Waals surface area contributed by atoms with Crippen LogP contribution in [0.2, 0.25) is 0 Å². The zero-order valence-electron chi connectivity index (χ0n) is 21.7. The zero-order chi connectivity index (χ0) is 27.2. The first-order valence-corrected chi connectivity index (χ1v) is 12.0. The molecule has 1 aromatic heterocycles. The molecule has 2 amide bonds. The van der Waals surface area contributed by atoms with Crippen molar-refractivity contribution in [2.24, 2.45) is 0 Å². The largest absolute Gasteiger partial charge is 0.467 e. The summed E-state index contributed by atoms with van der Waals surface area (Å²) in [6, 6.07) is 14.5. The van der Waals surface area contributed by atoms with Gasteiger partial charge in [-0.1, -0.05) is 48.5 Å². The number of amides is 2. The van der Waals surface area contributed by atoms with E-state index in [9.17, 15) is 19.2 Å². The molecule has 2 aromatic carbocycles. The van der Waals surface area contributed by atoms with Crippen molar-refractivity contribution >= 4 is 34.8 Å². The summed E-state index contributed by atoms with van der Waals surface area (Å²) < 4.78 is 11.9. The Morgan fingerprint density at radius 1 is 0.892 bits per heavy atom. The highest BCUT2D eigenvalue weighted by Crippen LogP contribution is 2.24. The molecule has 0 bridgehead atoms. The van der Waals surface area contributed by atoms with Crippen LogP contribution in [0.3, 0.4) is 0 Å². The minimum atomic E-state index is -1.05. The molecule has 3 rings (SSSR count). The Hall–Kier alpha value is -4.14. The van der Waals surface area contributed by atoms with Gasteiger partial charge in [0.2, 0.25) is 11.8 Å². The number of aromatic nitrogens is 1. The quantitative estimate of drug-likeness (QED) is 0.452. The SMILES string of the molecule is COC(=O)[C@@H](Cc1cn(C(=O)OC(C)(C)C)c2ccccc12)NC(=O)[C@@H](Cc1ccccc1)NC(C)=O. The molecule has 196 valence electrons. The Morgan fingerprint density at radius 3 is 2.16 bits per heavy atom. The second-order valence-corrected chi connectivity index (χ2v) is 9.75. The van der Waals surface area contributed by atoms with Gasteiger partial charge >= 0.3 is 12.1 Å². The number of ether oxygens (including phenoxy) is 2. The van der Waals surface area contributed by atoms with E-state index in [0.29, 0.717) is 11.1 Å². The molecule has 0 fully saturated rings. The average molecular weight is 508 g/mol. The van der Waals surface area contributed by atoms with Crippen molar-refractivity contribution < 1.29 is 28.7 Å². The van der Waals surface area contributed by atoms with Gasteiger partial charge in [-0.05, 0) is 38.0 Å². The molecule has 2 N–H and O–H groups in total. The lowest BCUT2D eigenvalue weighted by molar-refractivity contribution is -0.145. The van der Waals surface area contributed by atoms with Crippen molar-refractivity contribution in [3.05, 3.63) is 71.9 Å². The number of carbonyl (C=O) groups is 4. The standard InChI is InChI=1S/C28H33N3O6/c1-18(32)29-22(15-19-11-7-6-8-12-19)25(33)30-23(26(34)36-5)16-20-17-31(27(35)37-28(2,3)4)24-14-10-9-13-21(20)24/h6-14,17,22-23H,15-16H2,1-5H3,(H,29,32)(H,30,33)/t22-,23-/m1/s1. The molecule has 0 radical (unpaired) electrons. The maximum absolute atomic E-state index is 13.2. The van der Waals surface area contributed by atoms with E-state index in [1.54, 1.807) is 39.1 Å². The number of fused-ring (bicyclic) bond motifs is 1. The van der Waals surface area contributed by atoms with Crippen LogP contribution >= 0.6 is 0 Å². The molecule has 0 aliphatic rings. The van der Waals surface area contributed by atoms with E-state index in [0.717, 1.165) is 10.9 Å². The number of para-hydroxylation sites is 1. The summed E-state index contributed by atoms with van der Waals surface area (Å²) in [5.41, 5.74) is 1.42. The summed E-state index contributed by atoms with van der Waals surface area (Å²) in [5, 5.41) is 6.12. The number of benzene rings is 2. The highest BCUT2D eigenvalue weighted by atomic mass is 16.6. The van der Waals surface area contributed by atoms with E-state index in [2.05, 4.69) is 10.6 Å². The molecule has 1 heterocycles. The third kappa shape index (κ3) is 7.42. The molecule has 9 nitrogen and oxygen atoms in total. The van der Waals surface area contributed by atoms with Crippen LogP contribution in [0, 0.1) is 0 Å². The smallest absolute Gasteiger partial charge is 0.419 e. The van der Waals surface area contributed by atoms with Crippen LogP contribution in [0.5, 0.6) is 0 Å². The molecule has 0 saturated heterocycles. The number of hydrogen-bond acceptors (Lipinski definition) is 6. The van der Waals surface area contributed by atoms with Crippen LogP contribution in [0.25, 0.3) is 10.9 Å². The summed E-state index contributed by atoms with van der Waals surface area (Å²) in [5.74, 6) is -1.54. The number of carbonyl (C=O) groups excluding carboxylic acids is 4. The van der Waals surface area contributed by atoms with Gasteiger partial charge in [-0.25, -0.2) is 9.59 Å². The Morgan fingerprint density at radius 2 is 1.54 bits per heavy atom. The molecular formula is C28H33N3O6. The van der Waals surface area contributed by atoms with Crippen LogP contribution in [-0.4, -0.2) is 53.2 Å². The predicted molar refractivity (Wildman–Crippen MR) is 139 cm³/mol. The lowest BCUT2D eigenvalue weighted by atomic mass is 10.0. The van der Waals surface area contributed by atoms with E-state index in [4.69, 9.17) is 9.47 Å². The molecule has 0 aliphatic carbocycles. The minimum absolute atomic E-state index is 0.0624. The summed E-state index contributed by atoms with van der Waals surface area (Å²) in [6.45, 7) is 6.67. The average Bonchev–Trinajstić information content (AvgIpc) is 3.20. The van der Waals surface area contributed by atoms with Gasteiger partial charge in [-0.15, -0.1) is 0 Å². The van der Waals surface area contributed by atoms with Gasteiger partial charge in [0.15, 0.2) is 0 Å². The van der Waals surface area contributed by atoms with Crippen molar-refractivity contribution in [1.29, 1.82) is 0 Å². The van der Waals surface area contributed by atoms with E-state index >= 15 is 0 Å². The summed E-state index contributed by atoms with van der Waals surface area (Å²) >= 11 is 0. The lowest BCUT2D eigenvalue weighted by Gasteiger charge is -2.22. The van der Waals surface area contributed by atoms with Crippen LogP contribution in [0.4, 0.5) is 4.79 Å². The summed E-state index contributed by atoms with van der Waals surface area (Å²) in [6.07, 6.45) is 1.36. The van der Waals surface area contributed by atoms with Crippen molar-refractivity contribution in [1.82, 2.24) is 15.2 Å². The van der Waals surface area contributed by atoms with E-state index in [1.807, 2.05) is 42.5 Å². The highest BCUT2D eigenvalue weighted by Gasteiger charge is 2.29. The first-order chi connectivity index (χ1) is 17.5. The van der Waals surface area contributed by atoms with Crippen molar-refractivity contribution in [2.45, 2.75) is 58.2 Å². The second-order valence-electron chi connectivity index (χ2n) is 9.75. The van der Waals surface area contributed by atoms with Gasteiger partial charge in [0.1, 0.15) is 17.7 Å². The maximum Gasteiger partial charge on any atom is 0.419 e. The molecule has 37 heavy (non-hydrogen) atoms. The van der Waals surface area contributed by atoms with Crippen LogP contribution in [-0.2, 0) is 36.7 Å². The third-order valence-electron chi connectivity index (χ3n) is 5.59. The van der Waals surface area contributed by atoms with Gasteiger partial charge in [0, 0.05) is 31.3 Å². The molecule has 0 spiro atoms. The molecule has 0 aliphatic heterocycles. The van der Waals surface area contributed by atoms with E-state index < -0.39 is 35.7 Å². The van der Waals surface area contributed by atoms with Gasteiger partial charge in [-0.2, -0.15) is 0 Å². The van der Waals surface area contributed by atoms with Crippen LogP contribution < -0.4 is 10.6 Å². The number of nitrogens with zero attached hydrogens (tertiary/aromatic N) is 1. The van der Waals surface area contributed by atoms with Gasteiger partial charge in [0.05, 0.1) is 12.6 Å². The summed E-state index contributed by atoms with van der Waals surface area (Å²) in [7, 11) is 1.24. The van der Waals surface area contributed by atoms with Gasteiger partial charge in [0.25, 0.3) is 0 Å². The van der Waals surface area contributed by atoms with Crippen LogP contribution in [0.1, 0.15) is 38.8 Å². The van der Waals surface area contributed by atoms with E-state index in [1.165, 1.54) is 18.6 Å². The highest BCUT2D eigenvalue weighted by molar-refractivity contribution is 5.94. The van der Waals surface area contributed by atoms with Gasteiger partial charge < -0.3 is 20.1 Å². The Kier molecular flexibility index (Phi) is 8.70. The fourth-order valence-electron chi connectivity index (χ4n) is 4.01. The molecule has 0 saturated carbocycles. The second kappa shape index (κ2) is 11.7. The molecule has 2 atom stereocenters. The first-order valence-electron chi connectivity index (χ1n) is 12.0. The normalized spacial score (nSPS) is 12.9. The number of esters is 1. The van der Waals surface area contributed by atoms with Gasteiger partial charge in [-0.3, -0.25) is 14.2 Å². The van der Waals surface area contributed by atoms with Crippen molar-refractivity contribution in [3.63, 3.8) is 0 Å². The number of nitrogens with one attached hydrogen (secondary N) is 2. The lowest BCUT2D eigenvalue weighted by Crippen LogP contribution is -2.53. The Bertz CT molecular complexity index is 1280. The third-order valence-corrected chi connectivity index (χ3v) is 5.59. The predicted octanol–water partition coefficient (Wildman–Crippen LogP) is 3.37. The Balaban J connectivity index is 1.89. The van der Waals surface area contributed by atoms with Crippen molar-refractivity contribution in [3.8, 4) is 0 Å². The van der Waals surface area contributed by atoms with Crippen molar-refractivity contribution in [2.75, 3.05) is 7.11 Å². The fourth-order valence-corrected chi connectivity index (χ4v) is 4.01.